The van der Waals surface area contributed by atoms with Crippen LogP contribution in [0.3, 0.4) is 0 Å². The number of methoxy groups -OCH3 is 1. The number of nitrogens with two attached hydrogens (primary N) is 1. The van der Waals surface area contributed by atoms with Crippen LogP contribution in [0.5, 0.6) is 0 Å². The lowest BCUT2D eigenvalue weighted by atomic mass is 10.1. The molecule has 0 bridgehead atoms. The Kier molecular flexibility index (Phi) is 3.06. The number of rotatable bonds is 2. The smallest absolute Gasteiger partial charge is 0.341 e. The molecule has 1 rings (SSSR count). The van der Waals surface area contributed by atoms with E-state index in [0.29, 0.717) is 0 Å². The minimum Gasteiger partial charge on any atom is -0.465 e. The molecule has 0 amide bonds. The van der Waals surface area contributed by atoms with E-state index in [1.807, 2.05) is 0 Å². The third kappa shape index (κ3) is 1.90. The van der Waals surface area contributed by atoms with Crippen LogP contribution in [0.1, 0.15) is 15.9 Å². The Balaban J connectivity index is 3.48. The number of anilines is 1. The minimum atomic E-state index is -0.802. The Labute approximate surface area is 90.2 Å². The van der Waals surface area contributed by atoms with Crippen LogP contribution in [-0.4, -0.2) is 18.0 Å². The Morgan fingerprint density at radius 3 is 2.69 bits per heavy atom. The maximum absolute atomic E-state index is 11.3. The summed E-state index contributed by atoms with van der Waals surface area (Å²) in [4.78, 5) is 21.1. The first-order chi connectivity index (χ1) is 7.51. The summed E-state index contributed by atoms with van der Waals surface area (Å²) >= 11 is 0. The van der Waals surface area contributed by atoms with Gasteiger partial charge in [-0.3, -0.25) is 10.1 Å². The van der Waals surface area contributed by atoms with E-state index < -0.39 is 10.9 Å². The molecule has 0 aliphatic rings. The summed E-state index contributed by atoms with van der Waals surface area (Å²) in [5.41, 5.74) is 4.62. The quantitative estimate of drug-likeness (QED) is 0.342. The van der Waals surface area contributed by atoms with E-state index in [2.05, 4.69) is 4.74 Å². The molecule has 2 N–H and O–H groups in total. The van der Waals surface area contributed by atoms with Gasteiger partial charge in [-0.1, -0.05) is 0 Å². The molecule has 0 radical (unpaired) electrons. The van der Waals surface area contributed by atoms with Gasteiger partial charge in [0.05, 0.1) is 23.3 Å². The highest BCUT2D eigenvalue weighted by atomic mass is 16.6. The van der Waals surface area contributed by atoms with Crippen molar-refractivity contribution in [3.8, 4) is 6.07 Å². The van der Waals surface area contributed by atoms with Crippen molar-refractivity contribution >= 4 is 17.3 Å². The number of carbonyl (C=O) groups excluding carboxylic acids is 1. The van der Waals surface area contributed by atoms with Crippen LogP contribution in [0.4, 0.5) is 11.4 Å². The number of hydrogen-bond acceptors (Lipinski definition) is 6. The summed E-state index contributed by atoms with van der Waals surface area (Å²) < 4.78 is 4.42. The van der Waals surface area contributed by atoms with Gasteiger partial charge in [0.2, 0.25) is 0 Å². The molecule has 0 unspecified atom stereocenters. The first-order valence-electron chi connectivity index (χ1n) is 4.07. The highest BCUT2D eigenvalue weighted by Crippen LogP contribution is 2.24. The van der Waals surface area contributed by atoms with Crippen LogP contribution >= 0.6 is 0 Å². The van der Waals surface area contributed by atoms with Crippen LogP contribution in [0.25, 0.3) is 0 Å². The standard InChI is InChI=1S/C9H7N3O4/c1-16-9(13)8-5(4-10)2-6(12(14)15)3-7(8)11/h2-3H,11H2,1H3. The van der Waals surface area contributed by atoms with Crippen molar-refractivity contribution in [1.82, 2.24) is 0 Å². The third-order valence-electron chi connectivity index (χ3n) is 1.87. The first-order valence-corrected chi connectivity index (χ1v) is 4.07. The molecule has 0 aliphatic heterocycles. The van der Waals surface area contributed by atoms with E-state index in [-0.39, 0.29) is 22.5 Å². The fourth-order valence-corrected chi connectivity index (χ4v) is 1.17. The Hall–Kier alpha value is -2.62. The van der Waals surface area contributed by atoms with Gasteiger partial charge in [0.1, 0.15) is 11.6 Å². The number of nitrogen functional groups attached to an aromatic ring is 1. The fraction of sp³-hybridized carbons (Fsp3) is 0.111. The number of benzene rings is 1. The lowest BCUT2D eigenvalue weighted by Gasteiger charge is -2.05. The molecule has 16 heavy (non-hydrogen) atoms. The molecule has 0 atom stereocenters. The van der Waals surface area contributed by atoms with E-state index >= 15 is 0 Å². The topological polar surface area (TPSA) is 119 Å². The van der Waals surface area contributed by atoms with Gasteiger partial charge in [0.25, 0.3) is 5.69 Å². The molecule has 0 aliphatic carbocycles. The first kappa shape index (κ1) is 11.5. The lowest BCUT2D eigenvalue weighted by molar-refractivity contribution is -0.384. The number of nitrogens with zero attached hydrogens (tertiary/aromatic N) is 2. The maximum atomic E-state index is 11.3. The highest BCUT2D eigenvalue weighted by Gasteiger charge is 2.20. The maximum Gasteiger partial charge on any atom is 0.341 e. The van der Waals surface area contributed by atoms with Gasteiger partial charge in [0, 0.05) is 12.1 Å². The number of nitro benzene ring substituents is 1. The van der Waals surface area contributed by atoms with Crippen LogP contribution in [0.15, 0.2) is 12.1 Å². The second-order valence-corrected chi connectivity index (χ2v) is 2.82. The molecule has 0 heterocycles. The van der Waals surface area contributed by atoms with E-state index in [4.69, 9.17) is 11.0 Å². The van der Waals surface area contributed by atoms with Gasteiger partial charge in [-0.15, -0.1) is 0 Å². The van der Waals surface area contributed by atoms with Gasteiger partial charge in [-0.05, 0) is 0 Å². The average molecular weight is 221 g/mol. The van der Waals surface area contributed by atoms with Crippen molar-refractivity contribution < 1.29 is 14.5 Å². The Morgan fingerprint density at radius 2 is 2.25 bits per heavy atom. The SMILES string of the molecule is COC(=O)c1c(N)cc([N+](=O)[O-])cc1C#N. The Morgan fingerprint density at radius 1 is 1.62 bits per heavy atom. The molecule has 7 nitrogen and oxygen atoms in total. The number of hydrogen-bond donors (Lipinski definition) is 1. The van der Waals surface area contributed by atoms with Crippen molar-refractivity contribution in [2.75, 3.05) is 12.8 Å². The van der Waals surface area contributed by atoms with Crippen LogP contribution in [0.2, 0.25) is 0 Å². The second kappa shape index (κ2) is 4.27. The second-order valence-electron chi connectivity index (χ2n) is 2.82. The lowest BCUT2D eigenvalue weighted by Crippen LogP contribution is -2.09. The van der Waals surface area contributed by atoms with Crippen molar-refractivity contribution in [2.45, 2.75) is 0 Å². The summed E-state index contributed by atoms with van der Waals surface area (Å²) in [6.45, 7) is 0. The molecular formula is C9H7N3O4. The molecule has 7 heteroatoms. The number of non-ortho nitro benzene ring substituents is 1. The normalized spacial score (nSPS) is 9.25. The molecule has 0 aromatic heterocycles. The number of nitriles is 1. The molecule has 82 valence electrons. The van der Waals surface area contributed by atoms with E-state index in [9.17, 15) is 14.9 Å². The molecule has 0 saturated carbocycles. The zero-order chi connectivity index (χ0) is 12.3. The molecule has 1 aromatic rings. The van der Waals surface area contributed by atoms with Crippen molar-refractivity contribution in [3.63, 3.8) is 0 Å². The van der Waals surface area contributed by atoms with E-state index in [1.165, 1.54) is 0 Å². The summed E-state index contributed by atoms with van der Waals surface area (Å²) in [5.74, 6) is -0.802. The number of ether oxygens (including phenoxy) is 1. The monoisotopic (exact) mass is 221 g/mol. The van der Waals surface area contributed by atoms with Crippen molar-refractivity contribution in [3.05, 3.63) is 33.4 Å². The van der Waals surface area contributed by atoms with Crippen LogP contribution in [-0.2, 0) is 4.74 Å². The summed E-state index contributed by atoms with van der Waals surface area (Å²) in [7, 11) is 1.13. The predicted molar refractivity (Wildman–Crippen MR) is 53.6 cm³/mol. The fourth-order valence-electron chi connectivity index (χ4n) is 1.17. The summed E-state index contributed by atoms with van der Waals surface area (Å²) in [5, 5.41) is 19.3. The van der Waals surface area contributed by atoms with E-state index in [0.717, 1.165) is 19.2 Å². The Bertz CT molecular complexity index is 504. The number of nitro groups is 1. The zero-order valence-corrected chi connectivity index (χ0v) is 8.26. The highest BCUT2D eigenvalue weighted by molar-refractivity contribution is 5.98. The van der Waals surface area contributed by atoms with Gasteiger partial charge in [-0.2, -0.15) is 5.26 Å². The molecule has 1 aromatic carbocycles. The van der Waals surface area contributed by atoms with Gasteiger partial charge < -0.3 is 10.5 Å². The van der Waals surface area contributed by atoms with Crippen LogP contribution in [0, 0.1) is 21.4 Å². The van der Waals surface area contributed by atoms with E-state index in [1.54, 1.807) is 6.07 Å². The minimum absolute atomic E-state index is 0.155. The largest absolute Gasteiger partial charge is 0.465 e. The summed E-state index contributed by atoms with van der Waals surface area (Å²) in [6, 6.07) is 3.64. The van der Waals surface area contributed by atoms with Crippen molar-refractivity contribution in [2.24, 2.45) is 0 Å². The van der Waals surface area contributed by atoms with Gasteiger partial charge in [-0.25, -0.2) is 4.79 Å². The third-order valence-corrected chi connectivity index (χ3v) is 1.87. The number of carbonyl (C=O) groups is 1. The zero-order valence-electron chi connectivity index (χ0n) is 8.26. The van der Waals surface area contributed by atoms with Gasteiger partial charge >= 0.3 is 5.97 Å². The molecule has 0 saturated heterocycles. The van der Waals surface area contributed by atoms with Gasteiger partial charge in [0.15, 0.2) is 0 Å². The van der Waals surface area contributed by atoms with Crippen LogP contribution < -0.4 is 5.73 Å². The molecule has 0 spiro atoms. The summed E-state index contributed by atoms with van der Waals surface area (Å²) in [6.07, 6.45) is 0. The molecular weight excluding hydrogens is 214 g/mol. The average Bonchev–Trinajstić information content (AvgIpc) is 2.26. The predicted octanol–water partition coefficient (Wildman–Crippen LogP) is 0.835. The number of esters is 1. The molecule has 0 fully saturated rings. The van der Waals surface area contributed by atoms with Crippen molar-refractivity contribution in [1.29, 1.82) is 5.26 Å².